The number of rotatable bonds is 8. The first-order chi connectivity index (χ1) is 7.83. The van der Waals surface area contributed by atoms with Crippen LogP contribution in [-0.2, 0) is 4.84 Å². The maximum absolute atomic E-state index is 5.47. The minimum atomic E-state index is 0.561. The Kier molecular flexibility index (Phi) is 6.61. The Balaban J connectivity index is 1.96. The van der Waals surface area contributed by atoms with E-state index in [9.17, 15) is 0 Å². The minimum Gasteiger partial charge on any atom is -0.491 e. The first kappa shape index (κ1) is 13.0. The predicted octanol–water partition coefficient (Wildman–Crippen LogP) is 2.63. The largest absolute Gasteiger partial charge is 0.491 e. The van der Waals surface area contributed by atoms with Crippen molar-refractivity contribution in [1.82, 2.24) is 5.48 Å². The van der Waals surface area contributed by atoms with E-state index in [1.165, 1.54) is 0 Å². The van der Waals surface area contributed by atoms with Gasteiger partial charge in [-0.05, 0) is 18.1 Å². The van der Waals surface area contributed by atoms with Crippen LogP contribution in [0.15, 0.2) is 30.3 Å². The number of ether oxygens (including phenoxy) is 1. The van der Waals surface area contributed by atoms with Gasteiger partial charge in [-0.15, -0.1) is 0 Å². The Hall–Kier alpha value is -1.06. The third-order valence-electron chi connectivity index (χ3n) is 2.43. The van der Waals surface area contributed by atoms with Crippen molar-refractivity contribution in [1.29, 1.82) is 0 Å². The summed E-state index contributed by atoms with van der Waals surface area (Å²) in [6.45, 7) is 6.38. The van der Waals surface area contributed by atoms with Gasteiger partial charge in [-0.25, -0.2) is 5.48 Å². The monoisotopic (exact) mass is 223 g/mol. The molecule has 1 N–H and O–H groups in total. The molecule has 1 rings (SSSR count). The Morgan fingerprint density at radius 1 is 1.19 bits per heavy atom. The number of benzene rings is 1. The zero-order chi connectivity index (χ0) is 11.6. The van der Waals surface area contributed by atoms with Gasteiger partial charge in [0.2, 0.25) is 0 Å². The first-order valence-corrected chi connectivity index (χ1v) is 5.85. The van der Waals surface area contributed by atoms with E-state index >= 15 is 0 Å². The molecule has 1 atom stereocenters. The van der Waals surface area contributed by atoms with Gasteiger partial charge in [-0.2, -0.15) is 0 Å². The van der Waals surface area contributed by atoms with Crippen molar-refractivity contribution in [3.05, 3.63) is 30.3 Å². The van der Waals surface area contributed by atoms with Crippen LogP contribution < -0.4 is 10.2 Å². The molecule has 1 aromatic carbocycles. The molecule has 1 unspecified atom stereocenters. The second-order valence-electron chi connectivity index (χ2n) is 3.87. The molecule has 0 radical (unpaired) electrons. The Morgan fingerprint density at radius 2 is 1.94 bits per heavy atom. The van der Waals surface area contributed by atoms with Crippen molar-refractivity contribution in [3.63, 3.8) is 0 Å². The second kappa shape index (κ2) is 8.13. The molecule has 0 fully saturated rings. The van der Waals surface area contributed by atoms with Gasteiger partial charge in [-0.3, -0.25) is 4.84 Å². The summed E-state index contributed by atoms with van der Waals surface area (Å²) in [7, 11) is 0. The normalized spacial score (nSPS) is 12.4. The molecule has 0 bridgehead atoms. The molecule has 3 heteroatoms. The highest BCUT2D eigenvalue weighted by atomic mass is 16.7. The molecule has 3 nitrogen and oxygen atoms in total. The maximum Gasteiger partial charge on any atom is 0.119 e. The molecule has 0 aliphatic heterocycles. The second-order valence-corrected chi connectivity index (χ2v) is 3.87. The van der Waals surface area contributed by atoms with Crippen molar-refractivity contribution in [2.75, 3.05) is 19.8 Å². The fourth-order valence-electron chi connectivity index (χ4n) is 1.14. The van der Waals surface area contributed by atoms with Crippen molar-refractivity contribution < 1.29 is 9.57 Å². The lowest BCUT2D eigenvalue weighted by atomic mass is 10.1. The van der Waals surface area contributed by atoms with Gasteiger partial charge >= 0.3 is 0 Å². The van der Waals surface area contributed by atoms with Crippen LogP contribution in [0, 0.1) is 5.92 Å². The van der Waals surface area contributed by atoms with E-state index in [4.69, 9.17) is 9.57 Å². The zero-order valence-corrected chi connectivity index (χ0v) is 10.1. The lowest BCUT2D eigenvalue weighted by molar-refractivity contribution is 0.0160. The molecule has 0 saturated heterocycles. The average molecular weight is 223 g/mol. The Bertz CT molecular complexity index is 264. The van der Waals surface area contributed by atoms with Crippen LogP contribution in [0.2, 0.25) is 0 Å². The van der Waals surface area contributed by atoms with Crippen molar-refractivity contribution in [3.8, 4) is 5.75 Å². The van der Waals surface area contributed by atoms with Gasteiger partial charge in [0.05, 0.1) is 0 Å². The molecular weight excluding hydrogens is 202 g/mol. The van der Waals surface area contributed by atoms with Crippen LogP contribution in [0.3, 0.4) is 0 Å². The van der Waals surface area contributed by atoms with E-state index in [0.717, 1.165) is 18.7 Å². The van der Waals surface area contributed by atoms with Crippen molar-refractivity contribution >= 4 is 0 Å². The molecule has 0 aliphatic carbocycles. The van der Waals surface area contributed by atoms with Crippen LogP contribution in [0.5, 0.6) is 5.75 Å². The molecular formula is C13H21NO2. The van der Waals surface area contributed by atoms with Crippen LogP contribution in [-0.4, -0.2) is 19.8 Å². The van der Waals surface area contributed by atoms with Gasteiger partial charge in [0.15, 0.2) is 0 Å². The molecule has 16 heavy (non-hydrogen) atoms. The van der Waals surface area contributed by atoms with Crippen LogP contribution >= 0.6 is 0 Å². The van der Waals surface area contributed by atoms with E-state index < -0.39 is 0 Å². The smallest absolute Gasteiger partial charge is 0.119 e. The highest BCUT2D eigenvalue weighted by molar-refractivity contribution is 5.20. The van der Waals surface area contributed by atoms with Gasteiger partial charge < -0.3 is 4.74 Å². The third-order valence-corrected chi connectivity index (χ3v) is 2.43. The predicted molar refractivity (Wildman–Crippen MR) is 65.3 cm³/mol. The van der Waals surface area contributed by atoms with E-state index in [0.29, 0.717) is 19.1 Å². The van der Waals surface area contributed by atoms with E-state index in [1.807, 2.05) is 30.3 Å². The average Bonchev–Trinajstić information content (AvgIpc) is 2.34. The summed E-state index contributed by atoms with van der Waals surface area (Å²) in [6, 6.07) is 9.75. The van der Waals surface area contributed by atoms with E-state index in [1.54, 1.807) is 0 Å². The maximum atomic E-state index is 5.47. The summed E-state index contributed by atoms with van der Waals surface area (Å²) in [5.74, 6) is 1.53. The number of para-hydroxylation sites is 1. The van der Waals surface area contributed by atoms with Crippen molar-refractivity contribution in [2.24, 2.45) is 5.92 Å². The van der Waals surface area contributed by atoms with Gasteiger partial charge in [0, 0.05) is 6.54 Å². The van der Waals surface area contributed by atoms with Crippen LogP contribution in [0.1, 0.15) is 20.3 Å². The fraction of sp³-hybridized carbons (Fsp3) is 0.538. The first-order valence-electron chi connectivity index (χ1n) is 5.85. The SMILES string of the molecule is CCC(C)CNOCCOc1ccccc1. The Morgan fingerprint density at radius 3 is 2.62 bits per heavy atom. The summed E-state index contributed by atoms with van der Waals surface area (Å²) in [6.07, 6.45) is 1.16. The molecule has 1 aromatic rings. The third kappa shape index (κ3) is 5.73. The van der Waals surface area contributed by atoms with Crippen molar-refractivity contribution in [2.45, 2.75) is 20.3 Å². The van der Waals surface area contributed by atoms with E-state index in [2.05, 4.69) is 19.3 Å². The number of hydroxylamine groups is 1. The summed E-state index contributed by atoms with van der Waals surface area (Å²) >= 11 is 0. The van der Waals surface area contributed by atoms with Crippen LogP contribution in [0.25, 0.3) is 0 Å². The molecule has 0 saturated carbocycles. The molecule has 0 spiro atoms. The van der Waals surface area contributed by atoms with Gasteiger partial charge in [-0.1, -0.05) is 38.5 Å². The molecule has 90 valence electrons. The molecule has 0 heterocycles. The standard InChI is InChI=1S/C13H21NO2/c1-3-12(2)11-14-16-10-9-15-13-7-5-4-6-8-13/h4-8,12,14H,3,9-11H2,1-2H3. The highest BCUT2D eigenvalue weighted by Crippen LogP contribution is 2.07. The summed E-state index contributed by atoms with van der Waals surface area (Å²) in [5.41, 5.74) is 2.94. The van der Waals surface area contributed by atoms with Crippen LogP contribution in [0.4, 0.5) is 0 Å². The minimum absolute atomic E-state index is 0.561. The highest BCUT2D eigenvalue weighted by Gasteiger charge is 1.97. The van der Waals surface area contributed by atoms with Gasteiger partial charge in [0.1, 0.15) is 19.0 Å². The lowest BCUT2D eigenvalue weighted by Gasteiger charge is -2.10. The lowest BCUT2D eigenvalue weighted by Crippen LogP contribution is -2.23. The van der Waals surface area contributed by atoms with Gasteiger partial charge in [0.25, 0.3) is 0 Å². The van der Waals surface area contributed by atoms with E-state index in [-0.39, 0.29) is 0 Å². The molecule has 0 aliphatic rings. The number of nitrogens with one attached hydrogen (secondary N) is 1. The topological polar surface area (TPSA) is 30.5 Å². The summed E-state index contributed by atoms with van der Waals surface area (Å²) < 4.78 is 5.47. The molecule has 0 amide bonds. The Labute approximate surface area is 97.7 Å². The number of hydrogen-bond donors (Lipinski definition) is 1. The summed E-state index contributed by atoms with van der Waals surface area (Å²) in [4.78, 5) is 5.25. The quantitative estimate of drug-likeness (QED) is 0.543. The zero-order valence-electron chi connectivity index (χ0n) is 10.1. The number of hydrogen-bond acceptors (Lipinski definition) is 3. The fourth-order valence-corrected chi connectivity index (χ4v) is 1.14. The molecule has 0 aromatic heterocycles. The summed E-state index contributed by atoms with van der Waals surface area (Å²) in [5, 5.41) is 0.